The minimum absolute atomic E-state index is 0.107. The van der Waals surface area contributed by atoms with Crippen LogP contribution in [0.25, 0.3) is 10.9 Å². The normalized spacial score (nSPS) is 14.3. The zero-order valence-corrected chi connectivity index (χ0v) is 18.0. The van der Waals surface area contributed by atoms with E-state index in [9.17, 15) is 18.8 Å². The minimum atomic E-state index is -1.10. The van der Waals surface area contributed by atoms with Crippen LogP contribution in [0.4, 0.5) is 10.1 Å². The van der Waals surface area contributed by atoms with E-state index in [0.29, 0.717) is 23.0 Å². The van der Waals surface area contributed by atoms with Crippen molar-refractivity contribution in [2.45, 2.75) is 52.2 Å². The number of carbonyl (C=O) groups excluding carboxylic acids is 2. The number of nitrogens with one attached hydrogen (secondary N) is 1. The Labute approximate surface area is 184 Å². The number of nitrogens with zero attached hydrogens (tertiary/aromatic N) is 2. The Morgan fingerprint density at radius 3 is 2.75 bits per heavy atom. The summed E-state index contributed by atoms with van der Waals surface area (Å²) in [5.74, 6) is -1.00. The van der Waals surface area contributed by atoms with Crippen molar-refractivity contribution in [1.82, 2.24) is 9.55 Å². The molecule has 1 aromatic heterocycles. The van der Waals surface area contributed by atoms with E-state index in [1.165, 1.54) is 25.1 Å². The first kappa shape index (κ1) is 21.7. The lowest BCUT2D eigenvalue weighted by atomic mass is 10.1. The van der Waals surface area contributed by atoms with E-state index in [1.807, 2.05) is 0 Å². The molecule has 0 spiro atoms. The zero-order valence-electron chi connectivity index (χ0n) is 18.0. The minimum Gasteiger partial charge on any atom is -0.449 e. The second kappa shape index (κ2) is 8.90. The summed E-state index contributed by atoms with van der Waals surface area (Å²) in [4.78, 5) is 42.4. The summed E-state index contributed by atoms with van der Waals surface area (Å²) in [6, 6.07) is 8.91. The zero-order chi connectivity index (χ0) is 22.8. The number of aryl methyl sites for hydroxylation is 2. The Morgan fingerprint density at radius 1 is 1.16 bits per heavy atom. The molecule has 32 heavy (non-hydrogen) atoms. The van der Waals surface area contributed by atoms with Gasteiger partial charge in [0.2, 0.25) is 0 Å². The molecule has 166 valence electrons. The van der Waals surface area contributed by atoms with Gasteiger partial charge in [0.05, 0.1) is 16.5 Å². The summed E-state index contributed by atoms with van der Waals surface area (Å²) >= 11 is 0. The van der Waals surface area contributed by atoms with Crippen LogP contribution in [0.5, 0.6) is 0 Å². The molecule has 0 aliphatic carbocycles. The number of aromatic nitrogens is 2. The van der Waals surface area contributed by atoms with E-state index in [4.69, 9.17) is 4.74 Å². The molecule has 2 aromatic carbocycles. The van der Waals surface area contributed by atoms with Crippen molar-refractivity contribution < 1.29 is 18.7 Å². The third-order valence-electron chi connectivity index (χ3n) is 5.64. The number of ether oxygens (including phenoxy) is 1. The average Bonchev–Trinajstić information content (AvgIpc) is 3.01. The molecule has 1 atom stereocenters. The van der Waals surface area contributed by atoms with Crippen LogP contribution < -0.4 is 10.9 Å². The molecule has 8 heteroatoms. The average molecular weight is 437 g/mol. The molecule has 2 heterocycles. The van der Waals surface area contributed by atoms with E-state index in [1.54, 1.807) is 29.7 Å². The highest BCUT2D eigenvalue weighted by Crippen LogP contribution is 2.18. The monoisotopic (exact) mass is 437 g/mol. The van der Waals surface area contributed by atoms with Gasteiger partial charge in [-0.15, -0.1) is 0 Å². The summed E-state index contributed by atoms with van der Waals surface area (Å²) in [6.07, 6.45) is 2.58. The van der Waals surface area contributed by atoms with Crippen molar-refractivity contribution >= 4 is 28.5 Å². The molecule has 0 radical (unpaired) electrons. The van der Waals surface area contributed by atoms with E-state index in [-0.39, 0.29) is 16.8 Å². The summed E-state index contributed by atoms with van der Waals surface area (Å²) in [7, 11) is 0. The Hall–Kier alpha value is -3.55. The smallest absolute Gasteiger partial charge is 0.338 e. The molecule has 0 saturated carbocycles. The first-order chi connectivity index (χ1) is 15.3. The summed E-state index contributed by atoms with van der Waals surface area (Å²) in [5, 5.41) is 2.98. The molecule has 1 unspecified atom stereocenters. The third kappa shape index (κ3) is 4.39. The number of halogens is 1. The molecule has 3 aromatic rings. The standard InChI is InChI=1S/C24H24FN3O4/c1-14-7-9-17(13-19(14)25)26-22(29)15(2)32-24(31)16-8-10-18-20(12-16)27-21-6-4-3-5-11-28(21)23(18)30/h7-10,12-13,15H,3-6,11H2,1-2H3,(H,26,29). The first-order valence-corrected chi connectivity index (χ1v) is 10.6. The lowest BCUT2D eigenvalue weighted by Gasteiger charge is -2.14. The summed E-state index contributed by atoms with van der Waals surface area (Å²) in [5.41, 5.74) is 1.26. The van der Waals surface area contributed by atoms with Gasteiger partial charge in [0.1, 0.15) is 11.6 Å². The van der Waals surface area contributed by atoms with Gasteiger partial charge >= 0.3 is 5.97 Å². The van der Waals surface area contributed by atoms with Gasteiger partial charge in [0, 0.05) is 18.7 Å². The van der Waals surface area contributed by atoms with Crippen molar-refractivity contribution in [3.8, 4) is 0 Å². The topological polar surface area (TPSA) is 90.3 Å². The number of fused-ring (bicyclic) bond motifs is 2. The highest BCUT2D eigenvalue weighted by Gasteiger charge is 2.21. The third-order valence-corrected chi connectivity index (χ3v) is 5.64. The van der Waals surface area contributed by atoms with Crippen molar-refractivity contribution in [2.24, 2.45) is 0 Å². The van der Waals surface area contributed by atoms with Gasteiger partial charge in [-0.05, 0) is 62.6 Å². The van der Waals surface area contributed by atoms with E-state index in [0.717, 1.165) is 31.5 Å². The van der Waals surface area contributed by atoms with Crippen molar-refractivity contribution in [2.75, 3.05) is 5.32 Å². The number of hydrogen-bond acceptors (Lipinski definition) is 5. The van der Waals surface area contributed by atoms with Gasteiger partial charge in [-0.1, -0.05) is 12.5 Å². The van der Waals surface area contributed by atoms with Gasteiger partial charge in [-0.25, -0.2) is 14.2 Å². The van der Waals surface area contributed by atoms with E-state index < -0.39 is 23.8 Å². The predicted octanol–water partition coefficient (Wildman–Crippen LogP) is 3.75. The predicted molar refractivity (Wildman–Crippen MR) is 118 cm³/mol. The van der Waals surface area contributed by atoms with Crippen LogP contribution >= 0.6 is 0 Å². The molecule has 1 N–H and O–H groups in total. The summed E-state index contributed by atoms with van der Waals surface area (Å²) < 4.78 is 20.7. The van der Waals surface area contributed by atoms with Gasteiger partial charge in [0.15, 0.2) is 6.10 Å². The van der Waals surface area contributed by atoms with Crippen molar-refractivity contribution in [3.63, 3.8) is 0 Å². The van der Waals surface area contributed by atoms with Crippen molar-refractivity contribution in [1.29, 1.82) is 0 Å². The number of anilines is 1. The van der Waals surface area contributed by atoms with E-state index in [2.05, 4.69) is 10.3 Å². The Bertz CT molecular complexity index is 1270. The van der Waals surface area contributed by atoms with Crippen LogP contribution in [0.15, 0.2) is 41.2 Å². The van der Waals surface area contributed by atoms with Crippen LogP contribution in [0.2, 0.25) is 0 Å². The second-order valence-electron chi connectivity index (χ2n) is 8.03. The Balaban J connectivity index is 1.51. The fourth-order valence-electron chi connectivity index (χ4n) is 3.74. The number of rotatable bonds is 4. The quantitative estimate of drug-likeness (QED) is 0.628. The SMILES string of the molecule is Cc1ccc(NC(=O)C(C)OC(=O)c2ccc3c(=O)n4c(nc3c2)CCCCC4)cc1F. The maximum Gasteiger partial charge on any atom is 0.338 e. The fourth-order valence-corrected chi connectivity index (χ4v) is 3.74. The number of amides is 1. The van der Waals surface area contributed by atoms with E-state index >= 15 is 0 Å². The lowest BCUT2D eigenvalue weighted by Crippen LogP contribution is -2.30. The Kier molecular flexibility index (Phi) is 6.03. The number of carbonyl (C=O) groups is 2. The number of esters is 1. The van der Waals surface area contributed by atoms with Gasteiger partial charge in [0.25, 0.3) is 11.5 Å². The fraction of sp³-hybridized carbons (Fsp3) is 0.333. The highest BCUT2D eigenvalue weighted by molar-refractivity contribution is 5.98. The first-order valence-electron chi connectivity index (χ1n) is 10.6. The Morgan fingerprint density at radius 2 is 1.97 bits per heavy atom. The largest absolute Gasteiger partial charge is 0.449 e. The molecule has 1 amide bonds. The molecule has 7 nitrogen and oxygen atoms in total. The molecule has 0 bridgehead atoms. The van der Waals surface area contributed by atoms with Crippen LogP contribution in [0.1, 0.15) is 47.9 Å². The maximum atomic E-state index is 13.7. The highest BCUT2D eigenvalue weighted by atomic mass is 19.1. The molecular weight excluding hydrogens is 413 g/mol. The number of benzene rings is 2. The lowest BCUT2D eigenvalue weighted by molar-refractivity contribution is -0.123. The van der Waals surface area contributed by atoms with Crippen LogP contribution in [0.3, 0.4) is 0 Å². The molecular formula is C24H24FN3O4. The van der Waals surface area contributed by atoms with Gasteiger partial charge in [-0.2, -0.15) is 0 Å². The maximum absolute atomic E-state index is 13.7. The second-order valence-corrected chi connectivity index (χ2v) is 8.03. The van der Waals surface area contributed by atoms with Crippen LogP contribution in [-0.2, 0) is 22.5 Å². The molecule has 0 saturated heterocycles. The summed E-state index contributed by atoms with van der Waals surface area (Å²) in [6.45, 7) is 3.71. The molecule has 1 aliphatic heterocycles. The van der Waals surface area contributed by atoms with Crippen molar-refractivity contribution in [3.05, 3.63) is 69.5 Å². The molecule has 4 rings (SSSR count). The molecule has 0 fully saturated rings. The number of hydrogen-bond donors (Lipinski definition) is 1. The van der Waals surface area contributed by atoms with Crippen LogP contribution in [0, 0.1) is 12.7 Å². The van der Waals surface area contributed by atoms with Gasteiger partial charge in [-0.3, -0.25) is 14.2 Å². The van der Waals surface area contributed by atoms with Crippen LogP contribution in [-0.4, -0.2) is 27.5 Å². The van der Waals surface area contributed by atoms with Gasteiger partial charge < -0.3 is 10.1 Å². The molecule has 1 aliphatic rings.